The van der Waals surface area contributed by atoms with Crippen molar-refractivity contribution in [2.75, 3.05) is 11.9 Å². The number of nitrogens with one attached hydrogen (secondary N) is 1. The highest BCUT2D eigenvalue weighted by atomic mass is 79.9. The molecule has 0 saturated carbocycles. The van der Waals surface area contributed by atoms with Crippen molar-refractivity contribution in [2.45, 2.75) is 32.2 Å². The van der Waals surface area contributed by atoms with Gasteiger partial charge in [0, 0.05) is 11.4 Å². The van der Waals surface area contributed by atoms with E-state index in [9.17, 15) is 4.79 Å². The highest BCUT2D eigenvalue weighted by Crippen LogP contribution is 2.08. The summed E-state index contributed by atoms with van der Waals surface area (Å²) >= 11 is 3.39. The van der Waals surface area contributed by atoms with E-state index < -0.39 is 0 Å². The Morgan fingerprint density at radius 1 is 1.39 bits per heavy atom. The van der Waals surface area contributed by atoms with Gasteiger partial charge in [0.2, 0.25) is 5.91 Å². The number of carbonyl (C=O) groups excluding carboxylic acids is 1. The van der Waals surface area contributed by atoms with Gasteiger partial charge >= 0.3 is 0 Å². The number of hydrogen-bond acceptors (Lipinski definition) is 2. The van der Waals surface area contributed by atoms with Crippen LogP contribution in [0.1, 0.15) is 26.2 Å². The standard InChI is InChI=1S/C14H20BrNO2/c1-2-12(8-10-15)16-14(17)9-11-18-13-6-4-3-5-7-13/h3-7,12H,2,8-11H2,1H3,(H,16,17). The minimum atomic E-state index is 0.0544. The van der Waals surface area contributed by atoms with Crippen LogP contribution in [0, 0.1) is 0 Å². The van der Waals surface area contributed by atoms with Crippen LogP contribution in [0.5, 0.6) is 5.75 Å². The number of amides is 1. The van der Waals surface area contributed by atoms with E-state index in [1.807, 2.05) is 30.3 Å². The lowest BCUT2D eigenvalue weighted by atomic mass is 10.1. The molecule has 3 nitrogen and oxygen atoms in total. The van der Waals surface area contributed by atoms with Gasteiger partial charge < -0.3 is 10.1 Å². The van der Waals surface area contributed by atoms with E-state index in [1.54, 1.807) is 0 Å². The average molecular weight is 314 g/mol. The molecule has 1 rings (SSSR count). The third-order valence-electron chi connectivity index (χ3n) is 2.66. The Hall–Kier alpha value is -1.03. The molecule has 0 heterocycles. The van der Waals surface area contributed by atoms with Crippen molar-refractivity contribution in [2.24, 2.45) is 0 Å². The first-order valence-corrected chi connectivity index (χ1v) is 7.41. The van der Waals surface area contributed by atoms with Gasteiger partial charge in [-0.3, -0.25) is 4.79 Å². The first-order chi connectivity index (χ1) is 8.76. The minimum absolute atomic E-state index is 0.0544. The number of hydrogen-bond donors (Lipinski definition) is 1. The molecule has 18 heavy (non-hydrogen) atoms. The van der Waals surface area contributed by atoms with Gasteiger partial charge in [-0.05, 0) is 25.0 Å². The fourth-order valence-corrected chi connectivity index (χ4v) is 2.14. The molecule has 1 aromatic rings. The lowest BCUT2D eigenvalue weighted by molar-refractivity contribution is -0.122. The van der Waals surface area contributed by atoms with Crippen molar-refractivity contribution >= 4 is 21.8 Å². The van der Waals surface area contributed by atoms with Gasteiger partial charge in [0.05, 0.1) is 13.0 Å². The van der Waals surface area contributed by atoms with Crippen LogP contribution in [0.15, 0.2) is 30.3 Å². The molecule has 0 fully saturated rings. The van der Waals surface area contributed by atoms with Crippen LogP contribution in [0.25, 0.3) is 0 Å². The molecule has 0 radical (unpaired) electrons. The Balaban J connectivity index is 2.20. The molecule has 0 aromatic heterocycles. The first-order valence-electron chi connectivity index (χ1n) is 6.29. The Bertz CT molecular complexity index is 343. The van der Waals surface area contributed by atoms with Crippen molar-refractivity contribution in [1.29, 1.82) is 0 Å². The maximum Gasteiger partial charge on any atom is 0.223 e. The molecule has 0 aliphatic heterocycles. The number of rotatable bonds is 8. The summed E-state index contributed by atoms with van der Waals surface area (Å²) in [6.45, 7) is 2.49. The van der Waals surface area contributed by atoms with Crippen LogP contribution in [0.2, 0.25) is 0 Å². The van der Waals surface area contributed by atoms with Crippen molar-refractivity contribution in [1.82, 2.24) is 5.32 Å². The highest BCUT2D eigenvalue weighted by molar-refractivity contribution is 9.09. The van der Waals surface area contributed by atoms with Crippen molar-refractivity contribution in [3.8, 4) is 5.75 Å². The van der Waals surface area contributed by atoms with E-state index in [4.69, 9.17) is 4.74 Å². The molecule has 4 heteroatoms. The number of carbonyl (C=O) groups is 1. The molecule has 1 unspecified atom stereocenters. The lowest BCUT2D eigenvalue weighted by Gasteiger charge is -2.15. The summed E-state index contributed by atoms with van der Waals surface area (Å²) in [7, 11) is 0. The van der Waals surface area contributed by atoms with Gasteiger partial charge in [0.1, 0.15) is 5.75 Å². The van der Waals surface area contributed by atoms with E-state index >= 15 is 0 Å². The number of alkyl halides is 1. The minimum Gasteiger partial charge on any atom is -0.493 e. The quantitative estimate of drug-likeness (QED) is 0.749. The number of ether oxygens (including phenoxy) is 1. The van der Waals surface area contributed by atoms with Gasteiger partial charge in [0.15, 0.2) is 0 Å². The normalized spacial score (nSPS) is 11.9. The van der Waals surface area contributed by atoms with Crippen LogP contribution in [0.3, 0.4) is 0 Å². The fourth-order valence-electron chi connectivity index (χ4n) is 1.59. The van der Waals surface area contributed by atoms with E-state index in [1.165, 1.54) is 0 Å². The molecule has 0 aliphatic rings. The molecule has 1 atom stereocenters. The van der Waals surface area contributed by atoms with Crippen LogP contribution < -0.4 is 10.1 Å². The molecule has 1 amide bonds. The van der Waals surface area contributed by atoms with E-state index in [-0.39, 0.29) is 11.9 Å². The van der Waals surface area contributed by atoms with Crippen molar-refractivity contribution in [3.63, 3.8) is 0 Å². The second-order valence-electron chi connectivity index (χ2n) is 4.06. The highest BCUT2D eigenvalue weighted by Gasteiger charge is 2.09. The predicted molar refractivity (Wildman–Crippen MR) is 77.2 cm³/mol. The topological polar surface area (TPSA) is 38.3 Å². The van der Waals surface area contributed by atoms with Gasteiger partial charge in [-0.15, -0.1) is 0 Å². The van der Waals surface area contributed by atoms with E-state index in [2.05, 4.69) is 28.2 Å². The van der Waals surface area contributed by atoms with Gasteiger partial charge in [-0.1, -0.05) is 41.1 Å². The van der Waals surface area contributed by atoms with Crippen molar-refractivity contribution in [3.05, 3.63) is 30.3 Å². The summed E-state index contributed by atoms with van der Waals surface area (Å²) in [5.74, 6) is 0.858. The zero-order valence-electron chi connectivity index (χ0n) is 10.7. The molecule has 0 bridgehead atoms. The first kappa shape index (κ1) is 15.0. The summed E-state index contributed by atoms with van der Waals surface area (Å²) in [6, 6.07) is 9.80. The number of para-hydroxylation sites is 1. The molecule has 1 aromatic carbocycles. The fraction of sp³-hybridized carbons (Fsp3) is 0.500. The number of benzene rings is 1. The molecule has 1 N–H and O–H groups in total. The summed E-state index contributed by atoms with van der Waals surface area (Å²) in [6.07, 6.45) is 2.31. The van der Waals surface area contributed by atoms with E-state index in [0.717, 1.165) is 23.9 Å². The zero-order chi connectivity index (χ0) is 13.2. The van der Waals surface area contributed by atoms with Crippen LogP contribution in [-0.4, -0.2) is 23.9 Å². The summed E-state index contributed by atoms with van der Waals surface area (Å²) in [4.78, 5) is 11.7. The van der Waals surface area contributed by atoms with Gasteiger partial charge in [0.25, 0.3) is 0 Å². The summed E-state index contributed by atoms with van der Waals surface area (Å²) < 4.78 is 5.48. The maximum absolute atomic E-state index is 11.7. The Morgan fingerprint density at radius 2 is 2.11 bits per heavy atom. The van der Waals surface area contributed by atoms with E-state index in [0.29, 0.717) is 13.0 Å². The second-order valence-corrected chi connectivity index (χ2v) is 4.85. The lowest BCUT2D eigenvalue weighted by Crippen LogP contribution is -2.35. The third-order valence-corrected chi connectivity index (χ3v) is 3.11. The smallest absolute Gasteiger partial charge is 0.223 e. The molecule has 0 aliphatic carbocycles. The SMILES string of the molecule is CCC(CCBr)NC(=O)CCOc1ccccc1. The molecule has 0 saturated heterocycles. The Morgan fingerprint density at radius 3 is 2.72 bits per heavy atom. The predicted octanol–water partition coefficient (Wildman–Crippen LogP) is 3.14. The second kappa shape index (κ2) is 8.97. The van der Waals surface area contributed by atoms with Gasteiger partial charge in [-0.25, -0.2) is 0 Å². The molecule has 100 valence electrons. The largest absolute Gasteiger partial charge is 0.493 e. The van der Waals surface area contributed by atoms with Gasteiger partial charge in [-0.2, -0.15) is 0 Å². The van der Waals surface area contributed by atoms with Crippen molar-refractivity contribution < 1.29 is 9.53 Å². The average Bonchev–Trinajstić information content (AvgIpc) is 2.39. The van der Waals surface area contributed by atoms with Crippen LogP contribution in [-0.2, 0) is 4.79 Å². The third kappa shape index (κ3) is 6.05. The Labute approximate surface area is 117 Å². The Kier molecular flexibility index (Phi) is 7.49. The molecular weight excluding hydrogens is 294 g/mol. The monoisotopic (exact) mass is 313 g/mol. The molecular formula is C14H20BrNO2. The summed E-state index contributed by atoms with van der Waals surface area (Å²) in [5, 5.41) is 3.91. The zero-order valence-corrected chi connectivity index (χ0v) is 12.3. The number of halogens is 1. The summed E-state index contributed by atoms with van der Waals surface area (Å²) in [5.41, 5.74) is 0. The van der Waals surface area contributed by atoms with Crippen LogP contribution >= 0.6 is 15.9 Å². The molecule has 0 spiro atoms. The maximum atomic E-state index is 11.7. The van der Waals surface area contributed by atoms with Crippen LogP contribution in [0.4, 0.5) is 0 Å².